The molecular weight excluding hydrogens is 448 g/mol. The number of amides is 1. The first-order chi connectivity index (χ1) is 16.4. The lowest BCUT2D eigenvalue weighted by Crippen LogP contribution is -2.08. The summed E-state index contributed by atoms with van der Waals surface area (Å²) in [5, 5.41) is 6.28. The number of benzene rings is 2. The third kappa shape index (κ3) is 4.84. The van der Waals surface area contributed by atoms with E-state index in [9.17, 15) is 4.79 Å². The third-order valence-corrected chi connectivity index (χ3v) is 6.31. The first-order valence-electron chi connectivity index (χ1n) is 11.2. The van der Waals surface area contributed by atoms with E-state index in [-0.39, 0.29) is 5.91 Å². The van der Waals surface area contributed by atoms with Crippen molar-refractivity contribution in [3.05, 3.63) is 64.9 Å². The van der Waals surface area contributed by atoms with Gasteiger partial charge in [-0.3, -0.25) is 10.1 Å². The van der Waals surface area contributed by atoms with Crippen LogP contribution < -0.4 is 14.8 Å². The average Bonchev–Trinajstić information content (AvgIpc) is 3.42. The lowest BCUT2D eigenvalue weighted by atomic mass is 9.96. The maximum Gasteiger partial charge on any atom is 0.250 e. The second-order valence-electron chi connectivity index (χ2n) is 7.91. The van der Waals surface area contributed by atoms with Crippen molar-refractivity contribution in [1.82, 2.24) is 4.98 Å². The molecule has 7 heteroatoms. The molecule has 0 atom stereocenters. The standard InChI is InChI=1S/C27H28N2O4S/c1-6-31-20-10-8-19(9-11-20)23-14-33-26-18(5)25(32-7-2)21(13-22(23)26)16(3)12-24(30)29-27-28-17(4)15-34-27/h8-15H,6-7H2,1-5H3,(H,28,29,30)/b16-12+. The number of aryl methyl sites for hydroxylation is 2. The number of rotatable bonds is 8. The minimum Gasteiger partial charge on any atom is -0.494 e. The summed E-state index contributed by atoms with van der Waals surface area (Å²) in [5.41, 5.74) is 6.18. The predicted molar refractivity (Wildman–Crippen MR) is 138 cm³/mol. The highest BCUT2D eigenvalue weighted by Crippen LogP contribution is 2.41. The van der Waals surface area contributed by atoms with Gasteiger partial charge in [0.15, 0.2) is 5.13 Å². The van der Waals surface area contributed by atoms with Crippen LogP contribution in [0.4, 0.5) is 5.13 Å². The molecule has 0 unspecified atom stereocenters. The zero-order chi connectivity index (χ0) is 24.2. The number of thiazole rings is 1. The van der Waals surface area contributed by atoms with Crippen LogP contribution in [0.3, 0.4) is 0 Å². The van der Waals surface area contributed by atoms with Gasteiger partial charge >= 0.3 is 0 Å². The van der Waals surface area contributed by atoms with Crippen LogP contribution in [0.1, 0.15) is 37.6 Å². The van der Waals surface area contributed by atoms with Crippen molar-refractivity contribution in [2.75, 3.05) is 18.5 Å². The van der Waals surface area contributed by atoms with Crippen LogP contribution >= 0.6 is 11.3 Å². The Balaban J connectivity index is 1.76. The topological polar surface area (TPSA) is 73.6 Å². The molecule has 0 fully saturated rings. The Morgan fingerprint density at radius 1 is 1.15 bits per heavy atom. The van der Waals surface area contributed by atoms with Gasteiger partial charge in [-0.2, -0.15) is 0 Å². The SMILES string of the molecule is CCOc1ccc(-c2coc3c(C)c(OCC)c(/C(C)=C/C(=O)Nc4nc(C)cs4)cc23)cc1. The Labute approximate surface area is 203 Å². The van der Waals surface area contributed by atoms with Gasteiger partial charge in [0.1, 0.15) is 17.1 Å². The summed E-state index contributed by atoms with van der Waals surface area (Å²) in [6, 6.07) is 9.99. The van der Waals surface area contributed by atoms with Crippen LogP contribution in [0.2, 0.25) is 0 Å². The molecule has 1 amide bonds. The molecule has 4 rings (SSSR count). The van der Waals surface area contributed by atoms with Crippen LogP contribution in [0.25, 0.3) is 27.7 Å². The van der Waals surface area contributed by atoms with Gasteiger partial charge < -0.3 is 13.9 Å². The third-order valence-electron chi connectivity index (χ3n) is 5.43. The van der Waals surface area contributed by atoms with E-state index in [4.69, 9.17) is 13.9 Å². The van der Waals surface area contributed by atoms with E-state index in [0.717, 1.165) is 50.2 Å². The summed E-state index contributed by atoms with van der Waals surface area (Å²) in [4.78, 5) is 17.0. The van der Waals surface area contributed by atoms with Crippen LogP contribution in [0.5, 0.6) is 11.5 Å². The van der Waals surface area contributed by atoms with E-state index in [1.165, 1.54) is 11.3 Å². The maximum atomic E-state index is 12.7. The van der Waals surface area contributed by atoms with Crippen molar-refractivity contribution in [3.63, 3.8) is 0 Å². The van der Waals surface area contributed by atoms with Gasteiger partial charge in [0, 0.05) is 33.5 Å². The van der Waals surface area contributed by atoms with E-state index in [1.807, 2.05) is 70.3 Å². The first kappa shape index (κ1) is 23.6. The molecule has 0 saturated carbocycles. The smallest absolute Gasteiger partial charge is 0.250 e. The molecule has 2 aromatic carbocycles. The molecule has 2 heterocycles. The number of anilines is 1. The molecule has 0 spiro atoms. The van der Waals surface area contributed by atoms with Crippen LogP contribution in [0, 0.1) is 13.8 Å². The number of hydrogen-bond acceptors (Lipinski definition) is 6. The Morgan fingerprint density at radius 3 is 2.53 bits per heavy atom. The number of nitrogens with zero attached hydrogens (tertiary/aromatic N) is 1. The van der Waals surface area contributed by atoms with E-state index in [0.29, 0.717) is 24.1 Å². The summed E-state index contributed by atoms with van der Waals surface area (Å²) in [6.45, 7) is 10.8. The molecule has 0 aliphatic carbocycles. The lowest BCUT2D eigenvalue weighted by molar-refractivity contribution is -0.111. The molecule has 0 saturated heterocycles. The Bertz CT molecular complexity index is 1350. The highest BCUT2D eigenvalue weighted by atomic mass is 32.1. The van der Waals surface area contributed by atoms with Crippen LogP contribution in [0.15, 0.2) is 52.5 Å². The lowest BCUT2D eigenvalue weighted by Gasteiger charge is -2.15. The van der Waals surface area contributed by atoms with E-state index in [2.05, 4.69) is 10.3 Å². The minimum absolute atomic E-state index is 0.231. The monoisotopic (exact) mass is 476 g/mol. The Morgan fingerprint density at radius 2 is 1.88 bits per heavy atom. The second kappa shape index (κ2) is 10.1. The molecular formula is C27H28N2O4S. The number of carbonyl (C=O) groups is 1. The molecule has 4 aromatic rings. The summed E-state index contributed by atoms with van der Waals surface area (Å²) in [7, 11) is 0. The molecule has 0 aliphatic rings. The fourth-order valence-electron chi connectivity index (χ4n) is 3.89. The van der Waals surface area contributed by atoms with Gasteiger partial charge in [0.25, 0.3) is 0 Å². The number of aromatic nitrogens is 1. The summed E-state index contributed by atoms with van der Waals surface area (Å²) >= 11 is 1.40. The molecule has 34 heavy (non-hydrogen) atoms. The van der Waals surface area contributed by atoms with Crippen molar-refractivity contribution in [2.24, 2.45) is 0 Å². The normalized spacial score (nSPS) is 11.6. The van der Waals surface area contributed by atoms with Crippen molar-refractivity contribution in [1.29, 1.82) is 0 Å². The second-order valence-corrected chi connectivity index (χ2v) is 8.76. The number of furan rings is 1. The predicted octanol–water partition coefficient (Wildman–Crippen LogP) is 7.01. The molecule has 6 nitrogen and oxygen atoms in total. The van der Waals surface area contributed by atoms with Gasteiger partial charge in [0.05, 0.1) is 25.2 Å². The van der Waals surface area contributed by atoms with Crippen LogP contribution in [-0.2, 0) is 4.79 Å². The van der Waals surface area contributed by atoms with Gasteiger partial charge in [-0.15, -0.1) is 11.3 Å². The maximum absolute atomic E-state index is 12.7. The number of hydrogen-bond donors (Lipinski definition) is 1. The molecule has 1 N–H and O–H groups in total. The summed E-state index contributed by atoms with van der Waals surface area (Å²) < 4.78 is 17.5. The number of fused-ring (bicyclic) bond motifs is 1. The number of carbonyl (C=O) groups excluding carboxylic acids is 1. The molecule has 176 valence electrons. The number of allylic oxidation sites excluding steroid dienone is 1. The Kier molecular flexibility index (Phi) is 7.03. The zero-order valence-corrected chi connectivity index (χ0v) is 20.8. The van der Waals surface area contributed by atoms with Gasteiger partial charge in [-0.1, -0.05) is 12.1 Å². The van der Waals surface area contributed by atoms with Crippen molar-refractivity contribution in [3.8, 4) is 22.6 Å². The number of nitrogens with one attached hydrogen (secondary N) is 1. The van der Waals surface area contributed by atoms with Gasteiger partial charge in [-0.25, -0.2) is 4.98 Å². The van der Waals surface area contributed by atoms with Crippen molar-refractivity contribution in [2.45, 2.75) is 34.6 Å². The number of ether oxygens (including phenoxy) is 2. The van der Waals surface area contributed by atoms with Crippen LogP contribution in [-0.4, -0.2) is 24.1 Å². The first-order valence-corrected chi connectivity index (χ1v) is 12.1. The minimum atomic E-state index is -0.231. The highest BCUT2D eigenvalue weighted by molar-refractivity contribution is 7.13. The molecule has 0 radical (unpaired) electrons. The quantitative estimate of drug-likeness (QED) is 0.277. The molecule has 0 bridgehead atoms. The van der Waals surface area contributed by atoms with E-state index >= 15 is 0 Å². The van der Waals surface area contributed by atoms with E-state index in [1.54, 1.807) is 12.3 Å². The van der Waals surface area contributed by atoms with Gasteiger partial charge in [-0.05, 0) is 64.0 Å². The van der Waals surface area contributed by atoms with Gasteiger partial charge in [0.2, 0.25) is 5.91 Å². The molecule has 0 aliphatic heterocycles. The molecule has 2 aromatic heterocycles. The summed E-state index contributed by atoms with van der Waals surface area (Å²) in [6.07, 6.45) is 3.35. The zero-order valence-electron chi connectivity index (χ0n) is 20.0. The fraction of sp³-hybridized carbons (Fsp3) is 0.259. The highest BCUT2D eigenvalue weighted by Gasteiger charge is 2.19. The average molecular weight is 477 g/mol. The largest absolute Gasteiger partial charge is 0.494 e. The summed E-state index contributed by atoms with van der Waals surface area (Å²) in [5.74, 6) is 1.31. The van der Waals surface area contributed by atoms with E-state index < -0.39 is 0 Å². The Hall–Kier alpha value is -3.58. The van der Waals surface area contributed by atoms with Crippen molar-refractivity contribution < 1.29 is 18.7 Å². The fourth-order valence-corrected chi connectivity index (χ4v) is 4.58. The van der Waals surface area contributed by atoms with Crippen molar-refractivity contribution >= 4 is 38.9 Å².